The Balaban J connectivity index is 2.25. The van der Waals surface area contributed by atoms with E-state index in [1.807, 2.05) is 41.9 Å². The fraction of sp³-hybridized carbons (Fsp3) is 0.0667. The number of hydrogen-bond acceptors (Lipinski definition) is 4. The van der Waals surface area contributed by atoms with Gasteiger partial charge in [-0.05, 0) is 12.1 Å². The molecule has 0 fully saturated rings. The summed E-state index contributed by atoms with van der Waals surface area (Å²) >= 11 is 0. The highest BCUT2D eigenvalue weighted by Crippen LogP contribution is 2.35. The molecule has 0 atom stereocenters. The molecule has 21 heavy (non-hydrogen) atoms. The zero-order valence-electron chi connectivity index (χ0n) is 11.1. The third-order valence-corrected chi connectivity index (χ3v) is 3.70. The molecule has 6 nitrogen and oxygen atoms in total. The number of hydrogen-bond donors (Lipinski definition) is 0. The lowest BCUT2D eigenvalue weighted by Gasteiger charge is -2.10. The van der Waals surface area contributed by atoms with Gasteiger partial charge in [0.05, 0.1) is 21.7 Å². The predicted octanol–water partition coefficient (Wildman–Crippen LogP) is 3.13. The summed E-state index contributed by atoms with van der Waals surface area (Å²) in [5.74, 6) is 0.528. The summed E-state index contributed by atoms with van der Waals surface area (Å²) in [5, 5.41) is 11.9. The summed E-state index contributed by atoms with van der Waals surface area (Å²) in [7, 11) is 1.92. The maximum absolute atomic E-state index is 11.1. The van der Waals surface area contributed by atoms with E-state index in [0.29, 0.717) is 11.3 Å². The molecule has 0 saturated carbocycles. The lowest BCUT2D eigenvalue weighted by molar-refractivity contribution is -0.383. The van der Waals surface area contributed by atoms with Crippen LogP contribution in [0.2, 0.25) is 0 Å². The van der Waals surface area contributed by atoms with Gasteiger partial charge >= 0.3 is 0 Å². The van der Waals surface area contributed by atoms with Crippen LogP contribution in [0, 0.1) is 10.1 Å². The number of non-ortho nitro benzene ring substituents is 1. The van der Waals surface area contributed by atoms with Crippen LogP contribution in [0.4, 0.5) is 5.69 Å². The number of aryl methyl sites for hydroxylation is 1. The molecule has 0 aliphatic carbocycles. The monoisotopic (exact) mass is 278 g/mol. The van der Waals surface area contributed by atoms with E-state index in [2.05, 4.69) is 9.97 Å². The molecule has 2 heterocycles. The van der Waals surface area contributed by atoms with Crippen LogP contribution in [0.1, 0.15) is 0 Å². The number of nitrogens with zero attached hydrogens (tertiary/aromatic N) is 4. The second-order valence-corrected chi connectivity index (χ2v) is 4.87. The van der Waals surface area contributed by atoms with Crippen molar-refractivity contribution < 1.29 is 4.92 Å². The quantitative estimate of drug-likeness (QED) is 0.396. The molecule has 0 spiro atoms. The van der Waals surface area contributed by atoms with Gasteiger partial charge in [-0.15, -0.1) is 0 Å². The Kier molecular flexibility index (Phi) is 2.24. The summed E-state index contributed by atoms with van der Waals surface area (Å²) in [6.07, 6.45) is 0. The van der Waals surface area contributed by atoms with Crippen molar-refractivity contribution in [2.24, 2.45) is 7.05 Å². The normalized spacial score (nSPS) is 11.5. The van der Waals surface area contributed by atoms with Crippen molar-refractivity contribution >= 4 is 27.6 Å². The van der Waals surface area contributed by atoms with Crippen LogP contribution in [-0.4, -0.2) is 19.5 Å². The van der Waals surface area contributed by atoms with Crippen molar-refractivity contribution in [3.8, 4) is 11.5 Å². The number of para-hydroxylation sites is 3. The Labute approximate surface area is 119 Å². The van der Waals surface area contributed by atoms with Crippen LogP contribution in [-0.2, 0) is 7.05 Å². The third-order valence-electron chi connectivity index (χ3n) is 3.70. The highest BCUT2D eigenvalue weighted by atomic mass is 16.6. The van der Waals surface area contributed by atoms with Gasteiger partial charge in [-0.25, -0.2) is 9.97 Å². The average Bonchev–Trinajstić information content (AvgIpc) is 2.85. The highest BCUT2D eigenvalue weighted by molar-refractivity contribution is 6.01. The fourth-order valence-electron chi connectivity index (χ4n) is 2.75. The Morgan fingerprint density at radius 1 is 1.10 bits per heavy atom. The van der Waals surface area contributed by atoms with Gasteiger partial charge in [-0.2, -0.15) is 0 Å². The van der Waals surface area contributed by atoms with Gasteiger partial charge in [-0.3, -0.25) is 10.1 Å². The smallest absolute Gasteiger partial charge is 0.295 e. The number of fused-ring (bicyclic) bond motifs is 4. The Hall–Kier alpha value is -3.02. The molecule has 0 N–H and O–H groups in total. The molecule has 0 amide bonds. The number of nitro benzene ring substituents is 1. The molecule has 6 heteroatoms. The molecule has 0 unspecified atom stereocenters. The number of rotatable bonds is 1. The Morgan fingerprint density at radius 2 is 1.90 bits per heavy atom. The van der Waals surface area contributed by atoms with Gasteiger partial charge in [-0.1, -0.05) is 24.3 Å². The van der Waals surface area contributed by atoms with E-state index in [0.717, 1.165) is 22.1 Å². The zero-order valence-corrected chi connectivity index (χ0v) is 11.1. The van der Waals surface area contributed by atoms with Gasteiger partial charge in [0.2, 0.25) is 0 Å². The number of nitro groups is 1. The van der Waals surface area contributed by atoms with Crippen molar-refractivity contribution in [3.05, 3.63) is 52.6 Å². The summed E-state index contributed by atoms with van der Waals surface area (Å²) in [6.45, 7) is 0. The molecule has 2 aliphatic rings. The van der Waals surface area contributed by atoms with Gasteiger partial charge in [0.1, 0.15) is 0 Å². The van der Waals surface area contributed by atoms with E-state index >= 15 is 0 Å². The van der Waals surface area contributed by atoms with Crippen molar-refractivity contribution in [1.82, 2.24) is 14.5 Å². The number of aromatic nitrogens is 3. The molecule has 2 aromatic carbocycles. The molecule has 0 aromatic heterocycles. The summed E-state index contributed by atoms with van der Waals surface area (Å²) in [5.41, 5.74) is 2.99. The van der Waals surface area contributed by atoms with Crippen molar-refractivity contribution in [1.29, 1.82) is 0 Å². The molecule has 0 bridgehead atoms. The molecule has 0 radical (unpaired) electrons. The average molecular weight is 278 g/mol. The minimum atomic E-state index is -0.409. The van der Waals surface area contributed by atoms with Crippen LogP contribution < -0.4 is 0 Å². The standard InChI is InChI=1S/C15H10N4O2/c1-18-11-7-3-2-6-10(11)16-15-14(18)9-5-4-8-12(19(20)21)13(9)17-15/h2-8H,1H3. The lowest BCUT2D eigenvalue weighted by Crippen LogP contribution is -2.01. The van der Waals surface area contributed by atoms with Crippen LogP contribution in [0.5, 0.6) is 0 Å². The molecule has 2 aromatic rings. The van der Waals surface area contributed by atoms with E-state index in [-0.39, 0.29) is 5.69 Å². The van der Waals surface area contributed by atoms with E-state index in [9.17, 15) is 10.1 Å². The Morgan fingerprint density at radius 3 is 2.71 bits per heavy atom. The lowest BCUT2D eigenvalue weighted by atomic mass is 10.2. The summed E-state index contributed by atoms with van der Waals surface area (Å²) < 4.78 is 1.98. The van der Waals surface area contributed by atoms with Crippen molar-refractivity contribution in [3.63, 3.8) is 0 Å². The second-order valence-electron chi connectivity index (χ2n) is 4.87. The second kappa shape index (κ2) is 3.99. The summed E-state index contributed by atoms with van der Waals surface area (Å²) in [4.78, 5) is 19.6. The van der Waals surface area contributed by atoms with Gasteiger partial charge in [0.15, 0.2) is 11.3 Å². The molecule has 2 aliphatic heterocycles. The molecular weight excluding hydrogens is 268 g/mol. The fourth-order valence-corrected chi connectivity index (χ4v) is 2.75. The van der Waals surface area contributed by atoms with Crippen LogP contribution >= 0.6 is 0 Å². The minimum Gasteiger partial charge on any atom is -0.339 e. The largest absolute Gasteiger partial charge is 0.339 e. The highest BCUT2D eigenvalue weighted by Gasteiger charge is 2.23. The van der Waals surface area contributed by atoms with E-state index in [4.69, 9.17) is 0 Å². The van der Waals surface area contributed by atoms with Crippen LogP contribution in [0.15, 0.2) is 42.5 Å². The third kappa shape index (κ3) is 1.53. The van der Waals surface area contributed by atoms with Gasteiger partial charge < -0.3 is 4.57 Å². The summed E-state index contributed by atoms with van der Waals surface area (Å²) in [6, 6.07) is 12.7. The Bertz CT molecular complexity index is 990. The van der Waals surface area contributed by atoms with Gasteiger partial charge in [0.25, 0.3) is 5.69 Å². The first kappa shape index (κ1) is 11.8. The zero-order chi connectivity index (χ0) is 14.6. The van der Waals surface area contributed by atoms with Crippen molar-refractivity contribution in [2.75, 3.05) is 0 Å². The maximum atomic E-state index is 11.1. The van der Waals surface area contributed by atoms with Crippen LogP contribution in [0.3, 0.4) is 0 Å². The first-order valence-electron chi connectivity index (χ1n) is 6.45. The first-order valence-corrected chi connectivity index (χ1v) is 6.45. The molecule has 0 saturated heterocycles. The minimum absolute atomic E-state index is 0.00885. The SMILES string of the molecule is Cn1c2c3cccc([N+](=O)[O-])c3nc-2nc2ccccc21. The van der Waals surface area contributed by atoms with E-state index in [1.54, 1.807) is 6.07 Å². The molecular formula is C15H10N4O2. The van der Waals surface area contributed by atoms with E-state index in [1.165, 1.54) is 6.07 Å². The number of benzene rings is 2. The first-order chi connectivity index (χ1) is 10.2. The molecule has 4 rings (SSSR count). The van der Waals surface area contributed by atoms with Crippen molar-refractivity contribution in [2.45, 2.75) is 0 Å². The van der Waals surface area contributed by atoms with E-state index < -0.39 is 4.92 Å². The van der Waals surface area contributed by atoms with Crippen LogP contribution in [0.25, 0.3) is 33.5 Å². The predicted molar refractivity (Wildman–Crippen MR) is 79.3 cm³/mol. The topological polar surface area (TPSA) is 73.8 Å². The maximum Gasteiger partial charge on any atom is 0.295 e. The molecule has 102 valence electrons. The van der Waals surface area contributed by atoms with Gasteiger partial charge in [0, 0.05) is 18.5 Å².